The summed E-state index contributed by atoms with van der Waals surface area (Å²) in [5.41, 5.74) is 0.866. The molecule has 0 aliphatic carbocycles. The zero-order valence-corrected chi connectivity index (χ0v) is 15.4. The van der Waals surface area contributed by atoms with Gasteiger partial charge in [0.05, 0.1) is 18.6 Å². The maximum absolute atomic E-state index is 12.5. The van der Waals surface area contributed by atoms with E-state index >= 15 is 0 Å². The second-order valence-corrected chi connectivity index (χ2v) is 6.84. The zero-order valence-electron chi connectivity index (χ0n) is 13.8. The highest BCUT2D eigenvalue weighted by Gasteiger charge is 2.38. The lowest BCUT2D eigenvalue weighted by Gasteiger charge is -2.20. The number of carbonyl (C=O) groups is 2. The number of carbonyl (C=O) groups excluding carboxylic acids is 2. The molecule has 1 amide bonds. The molecule has 1 aliphatic heterocycles. The third-order valence-corrected chi connectivity index (χ3v) is 4.73. The number of benzene rings is 1. The summed E-state index contributed by atoms with van der Waals surface area (Å²) in [6.07, 6.45) is 2.70. The van der Waals surface area contributed by atoms with Crippen molar-refractivity contribution in [3.05, 3.63) is 34.7 Å². The van der Waals surface area contributed by atoms with Crippen LogP contribution in [0.25, 0.3) is 6.08 Å². The predicted octanol–water partition coefficient (Wildman–Crippen LogP) is 3.24. The highest BCUT2D eigenvalue weighted by molar-refractivity contribution is 8.26. The van der Waals surface area contributed by atoms with Gasteiger partial charge in [0.2, 0.25) is 0 Å². The molecular weight excluding hydrogens is 346 g/mol. The first kappa shape index (κ1) is 18.5. The molecule has 1 aromatic rings. The van der Waals surface area contributed by atoms with E-state index in [1.165, 1.54) is 23.8 Å². The number of thioether (sulfide) groups is 1. The van der Waals surface area contributed by atoms with E-state index in [2.05, 4.69) is 4.74 Å². The molecule has 0 bridgehead atoms. The second-order valence-electron chi connectivity index (χ2n) is 5.17. The molecule has 0 spiro atoms. The third-order valence-electron chi connectivity index (χ3n) is 3.40. The van der Waals surface area contributed by atoms with Crippen LogP contribution in [0.3, 0.4) is 0 Å². The Morgan fingerprint density at radius 1 is 1.38 bits per heavy atom. The van der Waals surface area contributed by atoms with Crippen LogP contribution < -0.4 is 4.74 Å². The quantitative estimate of drug-likeness (QED) is 0.438. The molecule has 1 aliphatic rings. The summed E-state index contributed by atoms with van der Waals surface area (Å²) >= 11 is 6.40. The molecule has 1 heterocycles. The molecule has 1 fully saturated rings. The van der Waals surface area contributed by atoms with Crippen molar-refractivity contribution in [1.82, 2.24) is 4.90 Å². The molecule has 2 rings (SSSR count). The van der Waals surface area contributed by atoms with Crippen molar-refractivity contribution in [2.45, 2.75) is 26.3 Å². The summed E-state index contributed by atoms with van der Waals surface area (Å²) < 4.78 is 10.6. The van der Waals surface area contributed by atoms with Gasteiger partial charge in [-0.2, -0.15) is 0 Å². The number of nitrogens with zero attached hydrogens (tertiary/aromatic N) is 1. The Morgan fingerprint density at radius 2 is 2.04 bits per heavy atom. The Morgan fingerprint density at radius 3 is 2.62 bits per heavy atom. The molecule has 1 atom stereocenters. The first-order valence-corrected chi connectivity index (χ1v) is 8.78. The molecule has 0 radical (unpaired) electrons. The van der Waals surface area contributed by atoms with E-state index in [0.717, 1.165) is 17.7 Å². The van der Waals surface area contributed by atoms with Crippen LogP contribution in [-0.2, 0) is 14.3 Å². The van der Waals surface area contributed by atoms with Gasteiger partial charge in [-0.1, -0.05) is 43.0 Å². The Balaban J connectivity index is 2.15. The number of hydrogen-bond donors (Lipinski definition) is 0. The van der Waals surface area contributed by atoms with Crippen LogP contribution in [0.15, 0.2) is 29.2 Å². The fourth-order valence-corrected chi connectivity index (χ4v) is 3.54. The highest BCUT2D eigenvalue weighted by atomic mass is 32.2. The molecule has 24 heavy (non-hydrogen) atoms. The lowest BCUT2D eigenvalue weighted by molar-refractivity contribution is -0.147. The van der Waals surface area contributed by atoms with Crippen molar-refractivity contribution in [1.29, 1.82) is 0 Å². The van der Waals surface area contributed by atoms with Crippen LogP contribution >= 0.6 is 24.0 Å². The summed E-state index contributed by atoms with van der Waals surface area (Å²) in [5.74, 6) is 0.0139. The van der Waals surface area contributed by atoms with E-state index in [9.17, 15) is 9.59 Å². The van der Waals surface area contributed by atoms with Gasteiger partial charge in [0, 0.05) is 0 Å². The van der Waals surface area contributed by atoms with E-state index in [4.69, 9.17) is 17.0 Å². The minimum atomic E-state index is -0.738. The molecule has 5 nitrogen and oxygen atoms in total. The van der Waals surface area contributed by atoms with E-state index < -0.39 is 12.0 Å². The largest absolute Gasteiger partial charge is 0.494 e. The Labute approximate surface area is 151 Å². The minimum absolute atomic E-state index is 0.283. The normalized spacial score (nSPS) is 17.3. The van der Waals surface area contributed by atoms with Crippen LogP contribution in [-0.4, -0.2) is 40.9 Å². The van der Waals surface area contributed by atoms with Gasteiger partial charge in [-0.05, 0) is 37.1 Å². The van der Waals surface area contributed by atoms with Crippen LogP contribution in [0.5, 0.6) is 5.75 Å². The molecule has 0 N–H and O–H groups in total. The van der Waals surface area contributed by atoms with Crippen LogP contribution in [0, 0.1) is 0 Å². The summed E-state index contributed by atoms with van der Waals surface area (Å²) in [7, 11) is 1.29. The molecule has 1 aromatic carbocycles. The van der Waals surface area contributed by atoms with E-state index in [1.807, 2.05) is 31.2 Å². The van der Waals surface area contributed by atoms with Gasteiger partial charge in [0.1, 0.15) is 16.1 Å². The topological polar surface area (TPSA) is 55.8 Å². The van der Waals surface area contributed by atoms with Gasteiger partial charge in [0.15, 0.2) is 0 Å². The lowest BCUT2D eigenvalue weighted by Crippen LogP contribution is -2.42. The van der Waals surface area contributed by atoms with Crippen molar-refractivity contribution in [2.75, 3.05) is 13.7 Å². The second kappa shape index (κ2) is 8.30. The number of amides is 1. The summed E-state index contributed by atoms with van der Waals surface area (Å²) in [6.45, 7) is 4.31. The van der Waals surface area contributed by atoms with Crippen LogP contribution in [0.1, 0.15) is 25.8 Å². The predicted molar refractivity (Wildman–Crippen MR) is 98.7 cm³/mol. The van der Waals surface area contributed by atoms with E-state index in [0.29, 0.717) is 15.8 Å². The smallest absolute Gasteiger partial charge is 0.328 e. The Bertz CT molecular complexity index is 670. The van der Waals surface area contributed by atoms with Gasteiger partial charge >= 0.3 is 5.97 Å². The summed E-state index contributed by atoms with van der Waals surface area (Å²) in [6, 6.07) is 6.74. The third kappa shape index (κ3) is 4.15. The maximum atomic E-state index is 12.5. The van der Waals surface area contributed by atoms with Gasteiger partial charge in [0.25, 0.3) is 5.91 Å². The van der Waals surface area contributed by atoms with Crippen molar-refractivity contribution in [2.24, 2.45) is 0 Å². The number of methoxy groups -OCH3 is 1. The molecule has 128 valence electrons. The molecule has 7 heteroatoms. The first-order chi connectivity index (χ1) is 11.5. The number of thiocarbonyl (C=S) groups is 1. The van der Waals surface area contributed by atoms with Gasteiger partial charge < -0.3 is 9.47 Å². The van der Waals surface area contributed by atoms with Crippen molar-refractivity contribution >= 4 is 46.3 Å². The van der Waals surface area contributed by atoms with Crippen molar-refractivity contribution in [3.8, 4) is 5.75 Å². The Kier molecular flexibility index (Phi) is 6.39. The number of hydrogen-bond acceptors (Lipinski definition) is 6. The minimum Gasteiger partial charge on any atom is -0.494 e. The molecular formula is C17H19NO4S2. The molecule has 1 unspecified atom stereocenters. The average molecular weight is 365 g/mol. The summed E-state index contributed by atoms with van der Waals surface area (Å²) in [5, 5.41) is 0. The fourth-order valence-electron chi connectivity index (χ4n) is 2.12. The average Bonchev–Trinajstić information content (AvgIpc) is 2.86. The van der Waals surface area contributed by atoms with Gasteiger partial charge in [-0.3, -0.25) is 9.69 Å². The maximum Gasteiger partial charge on any atom is 0.328 e. The monoisotopic (exact) mass is 365 g/mol. The first-order valence-electron chi connectivity index (χ1n) is 7.55. The molecule has 0 saturated carbocycles. The van der Waals surface area contributed by atoms with E-state index in [-0.39, 0.29) is 5.91 Å². The van der Waals surface area contributed by atoms with Gasteiger partial charge in [-0.25, -0.2) is 4.79 Å². The standard InChI is InChI=1S/C17H19NO4S2/c1-4-9-22-13-7-5-12(6-8-13)10-14-15(19)18(17(23)24-14)11(2)16(20)21-3/h5-8,10-11H,4,9H2,1-3H3. The molecule has 1 saturated heterocycles. The summed E-state index contributed by atoms with van der Waals surface area (Å²) in [4.78, 5) is 25.9. The van der Waals surface area contributed by atoms with Crippen LogP contribution in [0.2, 0.25) is 0 Å². The zero-order chi connectivity index (χ0) is 17.7. The van der Waals surface area contributed by atoms with Crippen molar-refractivity contribution < 1.29 is 19.1 Å². The number of ether oxygens (including phenoxy) is 2. The fraction of sp³-hybridized carbons (Fsp3) is 0.353. The molecule has 0 aromatic heterocycles. The SMILES string of the molecule is CCCOc1ccc(C=C2SC(=S)N(C(C)C(=O)OC)C2=O)cc1. The van der Waals surface area contributed by atoms with Crippen LogP contribution in [0.4, 0.5) is 0 Å². The Hall–Kier alpha value is -1.86. The highest BCUT2D eigenvalue weighted by Crippen LogP contribution is 2.34. The number of rotatable bonds is 6. The van der Waals surface area contributed by atoms with Crippen molar-refractivity contribution in [3.63, 3.8) is 0 Å². The number of esters is 1. The van der Waals surface area contributed by atoms with Gasteiger partial charge in [-0.15, -0.1) is 0 Å². The lowest BCUT2D eigenvalue weighted by atomic mass is 10.2. The van der Waals surface area contributed by atoms with E-state index in [1.54, 1.807) is 13.0 Å².